The lowest BCUT2D eigenvalue weighted by atomic mass is 9.91. The van der Waals surface area contributed by atoms with Crippen molar-refractivity contribution in [2.45, 2.75) is 13.0 Å². The van der Waals surface area contributed by atoms with Crippen LogP contribution in [0.15, 0.2) is 84.4 Å². The molecule has 1 aliphatic rings. The molecule has 1 atom stereocenters. The molecular formula is C25H20N4O4. The van der Waals surface area contributed by atoms with Crippen LogP contribution >= 0.6 is 0 Å². The van der Waals surface area contributed by atoms with Gasteiger partial charge in [-0.1, -0.05) is 54.6 Å². The second-order valence-corrected chi connectivity index (χ2v) is 7.51. The van der Waals surface area contributed by atoms with Gasteiger partial charge in [0.2, 0.25) is 5.95 Å². The number of hydrogen-bond acceptors (Lipinski definition) is 6. The van der Waals surface area contributed by atoms with E-state index >= 15 is 0 Å². The highest BCUT2D eigenvalue weighted by molar-refractivity contribution is 6.03. The summed E-state index contributed by atoms with van der Waals surface area (Å²) in [4.78, 5) is 29.6. The summed E-state index contributed by atoms with van der Waals surface area (Å²) in [6.45, 7) is 1.90. The molecule has 0 unspecified atom stereocenters. The lowest BCUT2D eigenvalue weighted by Crippen LogP contribution is -2.29. The monoisotopic (exact) mass is 440 g/mol. The Morgan fingerprint density at radius 2 is 1.76 bits per heavy atom. The topological polar surface area (TPSA) is 99.3 Å². The van der Waals surface area contributed by atoms with Crippen LogP contribution in [0.4, 0.5) is 11.6 Å². The van der Waals surface area contributed by atoms with Crippen molar-refractivity contribution in [2.24, 2.45) is 0 Å². The Balaban J connectivity index is 1.88. The molecule has 5 rings (SSSR count). The van der Waals surface area contributed by atoms with Crippen LogP contribution in [0.1, 0.15) is 24.1 Å². The summed E-state index contributed by atoms with van der Waals surface area (Å²) < 4.78 is 7.28. The van der Waals surface area contributed by atoms with Gasteiger partial charge in [0.25, 0.3) is 5.69 Å². The number of para-hydroxylation sites is 3. The van der Waals surface area contributed by atoms with Gasteiger partial charge < -0.3 is 10.1 Å². The fourth-order valence-electron chi connectivity index (χ4n) is 4.27. The number of hydrogen-bond donors (Lipinski definition) is 1. The third-order valence-electron chi connectivity index (χ3n) is 5.62. The average Bonchev–Trinajstić information content (AvgIpc) is 3.22. The van der Waals surface area contributed by atoms with Crippen LogP contribution in [0, 0.1) is 10.1 Å². The predicted octanol–water partition coefficient (Wildman–Crippen LogP) is 4.93. The molecule has 0 spiro atoms. The quantitative estimate of drug-likeness (QED) is 0.268. The minimum absolute atomic E-state index is 0.0812. The summed E-state index contributed by atoms with van der Waals surface area (Å²) in [6, 6.07) is 22.5. The maximum Gasteiger partial charge on any atom is 0.338 e. The predicted molar refractivity (Wildman–Crippen MR) is 125 cm³/mol. The van der Waals surface area contributed by atoms with E-state index in [1.807, 2.05) is 59.2 Å². The van der Waals surface area contributed by atoms with Crippen molar-refractivity contribution in [1.82, 2.24) is 9.55 Å². The van der Waals surface area contributed by atoms with Crippen LogP contribution in [0.2, 0.25) is 0 Å². The largest absolute Gasteiger partial charge is 0.463 e. The zero-order valence-electron chi connectivity index (χ0n) is 17.8. The highest BCUT2D eigenvalue weighted by Crippen LogP contribution is 2.44. The fourth-order valence-corrected chi connectivity index (χ4v) is 4.27. The van der Waals surface area contributed by atoms with Crippen LogP contribution in [-0.4, -0.2) is 27.1 Å². The Kier molecular flexibility index (Phi) is 5.10. The fraction of sp³-hybridized carbons (Fsp3) is 0.120. The number of carbonyl (C=O) groups excluding carboxylic acids is 1. The standard InChI is InChI=1S/C25H20N4O4/c1-2-33-24(30)21-22(16-10-4-3-5-11-16)27-25-26-18-13-7-9-15-20(18)28(25)23(21)17-12-6-8-14-19(17)29(31)32/h3-15,23H,2H2,1H3,(H,26,27)/t23-/m1/s1. The van der Waals surface area contributed by atoms with E-state index in [2.05, 4.69) is 5.32 Å². The van der Waals surface area contributed by atoms with Crippen LogP contribution in [0.3, 0.4) is 0 Å². The molecule has 8 nitrogen and oxygen atoms in total. The number of carbonyl (C=O) groups is 1. The summed E-state index contributed by atoms with van der Waals surface area (Å²) >= 11 is 0. The number of nitro groups is 1. The summed E-state index contributed by atoms with van der Waals surface area (Å²) in [5.41, 5.74) is 3.31. The number of ether oxygens (including phenoxy) is 1. The number of aromatic nitrogens is 2. The van der Waals surface area contributed by atoms with Gasteiger partial charge in [0.05, 0.1) is 39.4 Å². The molecule has 8 heteroatoms. The lowest BCUT2D eigenvalue weighted by molar-refractivity contribution is -0.385. The first-order valence-electron chi connectivity index (χ1n) is 10.5. The smallest absolute Gasteiger partial charge is 0.338 e. The first-order chi connectivity index (χ1) is 16.1. The van der Waals surface area contributed by atoms with Gasteiger partial charge in [-0.3, -0.25) is 14.7 Å². The minimum Gasteiger partial charge on any atom is -0.463 e. The molecule has 0 aliphatic carbocycles. The summed E-state index contributed by atoms with van der Waals surface area (Å²) in [5.74, 6) is -0.0540. The second-order valence-electron chi connectivity index (χ2n) is 7.51. The first-order valence-corrected chi connectivity index (χ1v) is 10.5. The number of esters is 1. The van der Waals surface area contributed by atoms with E-state index < -0.39 is 16.9 Å². The van der Waals surface area contributed by atoms with E-state index in [-0.39, 0.29) is 17.9 Å². The van der Waals surface area contributed by atoms with Crippen LogP contribution in [0.5, 0.6) is 0 Å². The Labute approximate surface area is 189 Å². The number of nitrogens with one attached hydrogen (secondary N) is 1. The van der Waals surface area contributed by atoms with Gasteiger partial charge in [-0.15, -0.1) is 0 Å². The third-order valence-corrected chi connectivity index (χ3v) is 5.62. The minimum atomic E-state index is -0.815. The molecule has 1 aromatic heterocycles. The number of nitro benzene ring substituents is 1. The van der Waals surface area contributed by atoms with Crippen molar-refractivity contribution in [2.75, 3.05) is 11.9 Å². The molecule has 2 heterocycles. The molecule has 0 saturated carbocycles. The number of nitrogens with zero attached hydrogens (tertiary/aromatic N) is 3. The molecule has 1 N–H and O–H groups in total. The molecule has 0 radical (unpaired) electrons. The van der Waals surface area contributed by atoms with Gasteiger partial charge in [-0.25, -0.2) is 9.78 Å². The number of anilines is 1. The maximum absolute atomic E-state index is 13.4. The molecule has 0 amide bonds. The molecular weight excluding hydrogens is 420 g/mol. The number of imidazole rings is 1. The van der Waals surface area contributed by atoms with Crippen molar-refractivity contribution in [3.8, 4) is 0 Å². The van der Waals surface area contributed by atoms with Gasteiger partial charge in [-0.2, -0.15) is 0 Å². The SMILES string of the molecule is CCOC(=O)C1=C(c2ccccc2)Nc2nc3ccccc3n2[C@@H]1c1ccccc1[N+](=O)[O-]. The van der Waals surface area contributed by atoms with Gasteiger partial charge in [-0.05, 0) is 30.7 Å². The molecule has 0 bridgehead atoms. The summed E-state index contributed by atoms with van der Waals surface area (Å²) in [7, 11) is 0. The lowest BCUT2D eigenvalue weighted by Gasteiger charge is -2.31. The van der Waals surface area contributed by atoms with E-state index in [1.54, 1.807) is 25.1 Å². The second kappa shape index (κ2) is 8.23. The van der Waals surface area contributed by atoms with Crippen LogP contribution in [0.25, 0.3) is 16.7 Å². The Morgan fingerprint density at radius 3 is 2.52 bits per heavy atom. The van der Waals surface area contributed by atoms with Crippen molar-refractivity contribution >= 4 is 34.3 Å². The number of fused-ring (bicyclic) bond motifs is 3. The molecule has 0 saturated heterocycles. The van der Waals surface area contributed by atoms with Crippen LogP contribution < -0.4 is 5.32 Å². The molecule has 1 aliphatic heterocycles. The Hall–Kier alpha value is -4.46. The molecule has 0 fully saturated rings. The number of rotatable bonds is 5. The zero-order valence-corrected chi connectivity index (χ0v) is 17.8. The molecule has 3 aromatic carbocycles. The van der Waals surface area contributed by atoms with E-state index in [9.17, 15) is 14.9 Å². The first kappa shape index (κ1) is 20.4. The number of benzene rings is 3. The van der Waals surface area contributed by atoms with Gasteiger partial charge in [0.15, 0.2) is 0 Å². The normalized spacial score (nSPS) is 15.1. The van der Waals surface area contributed by atoms with Gasteiger partial charge >= 0.3 is 5.97 Å². The maximum atomic E-state index is 13.4. The molecule has 33 heavy (non-hydrogen) atoms. The van der Waals surface area contributed by atoms with Crippen molar-refractivity contribution in [3.05, 3.63) is 106 Å². The van der Waals surface area contributed by atoms with Crippen molar-refractivity contribution in [1.29, 1.82) is 0 Å². The zero-order chi connectivity index (χ0) is 22.9. The summed E-state index contributed by atoms with van der Waals surface area (Å²) in [5, 5.41) is 15.3. The van der Waals surface area contributed by atoms with E-state index in [0.717, 1.165) is 11.1 Å². The van der Waals surface area contributed by atoms with E-state index in [1.165, 1.54) is 6.07 Å². The highest BCUT2D eigenvalue weighted by atomic mass is 16.6. The third kappa shape index (κ3) is 3.41. The Bertz CT molecular complexity index is 1410. The molecule has 4 aromatic rings. The van der Waals surface area contributed by atoms with Crippen molar-refractivity contribution in [3.63, 3.8) is 0 Å². The van der Waals surface area contributed by atoms with E-state index in [4.69, 9.17) is 9.72 Å². The van der Waals surface area contributed by atoms with Gasteiger partial charge in [0, 0.05) is 6.07 Å². The summed E-state index contributed by atoms with van der Waals surface area (Å²) in [6.07, 6.45) is 0. The van der Waals surface area contributed by atoms with E-state index in [0.29, 0.717) is 22.7 Å². The highest BCUT2D eigenvalue weighted by Gasteiger charge is 2.39. The van der Waals surface area contributed by atoms with Crippen LogP contribution in [-0.2, 0) is 9.53 Å². The Morgan fingerprint density at radius 1 is 1.06 bits per heavy atom. The average molecular weight is 440 g/mol. The molecule has 164 valence electrons. The van der Waals surface area contributed by atoms with Gasteiger partial charge in [0.1, 0.15) is 6.04 Å². The van der Waals surface area contributed by atoms with Crippen molar-refractivity contribution < 1.29 is 14.5 Å².